The molecular weight excluding hydrogens is 268 g/mol. The van der Waals surface area contributed by atoms with E-state index in [1.54, 1.807) is 28.8 Å². The summed E-state index contributed by atoms with van der Waals surface area (Å²) in [5.74, 6) is -0.0850. The van der Waals surface area contributed by atoms with Gasteiger partial charge in [-0.15, -0.1) is 0 Å². The molecule has 0 aromatic heterocycles. The number of carbonyl (C=O) groups is 2. The molecule has 1 aliphatic rings. The molecule has 0 bridgehead atoms. The number of nitrogens with zero attached hydrogens (tertiary/aromatic N) is 3. The maximum atomic E-state index is 12.4. The van der Waals surface area contributed by atoms with Crippen LogP contribution in [0.2, 0.25) is 0 Å². The predicted octanol–water partition coefficient (Wildman–Crippen LogP) is 0.512. The summed E-state index contributed by atoms with van der Waals surface area (Å²) < 4.78 is 0. The van der Waals surface area contributed by atoms with Crippen LogP contribution in [0.5, 0.6) is 0 Å². The molecule has 1 atom stereocenters. The molecule has 0 radical (unpaired) electrons. The van der Waals surface area contributed by atoms with Crippen LogP contribution >= 0.6 is 0 Å². The first-order chi connectivity index (χ1) is 10.0. The largest absolute Gasteiger partial charge is 0.337 e. The van der Waals surface area contributed by atoms with Crippen molar-refractivity contribution in [3.8, 4) is 0 Å². The second kappa shape index (κ2) is 6.58. The molecule has 6 heteroatoms. The quantitative estimate of drug-likeness (QED) is 0.863. The standard InChI is InChI=1S/C15H22N4O2/c1-17(2)15(21)19-10-8-18(9-11-19)14(20)13(16)12-6-4-3-5-7-12/h3-7,13H,8-11,16H2,1-2H3/t13-/m1/s1. The predicted molar refractivity (Wildman–Crippen MR) is 80.6 cm³/mol. The van der Waals surface area contributed by atoms with Gasteiger partial charge in [0.25, 0.3) is 0 Å². The number of carbonyl (C=O) groups excluding carboxylic acids is 2. The third-order valence-electron chi connectivity index (χ3n) is 3.67. The van der Waals surface area contributed by atoms with Gasteiger partial charge in [-0.05, 0) is 5.56 Å². The lowest BCUT2D eigenvalue weighted by Gasteiger charge is -2.36. The second-order valence-electron chi connectivity index (χ2n) is 5.38. The van der Waals surface area contributed by atoms with Gasteiger partial charge in [0.2, 0.25) is 5.91 Å². The van der Waals surface area contributed by atoms with Gasteiger partial charge in [-0.3, -0.25) is 4.79 Å². The first kappa shape index (κ1) is 15.3. The number of hydrogen-bond acceptors (Lipinski definition) is 3. The molecule has 0 unspecified atom stereocenters. The zero-order valence-electron chi connectivity index (χ0n) is 12.5. The van der Waals surface area contributed by atoms with Crippen LogP contribution in [-0.2, 0) is 4.79 Å². The van der Waals surface area contributed by atoms with E-state index >= 15 is 0 Å². The van der Waals surface area contributed by atoms with Crippen LogP contribution in [-0.4, -0.2) is 66.9 Å². The number of amides is 3. The summed E-state index contributed by atoms with van der Waals surface area (Å²) in [7, 11) is 3.45. The van der Waals surface area contributed by atoms with Crippen molar-refractivity contribution in [3.63, 3.8) is 0 Å². The average molecular weight is 290 g/mol. The van der Waals surface area contributed by atoms with Crippen molar-refractivity contribution in [2.24, 2.45) is 5.73 Å². The molecule has 1 aliphatic heterocycles. The minimum Gasteiger partial charge on any atom is -0.337 e. The monoisotopic (exact) mass is 290 g/mol. The van der Waals surface area contributed by atoms with E-state index in [0.29, 0.717) is 26.2 Å². The molecule has 1 heterocycles. The van der Waals surface area contributed by atoms with Gasteiger partial charge in [-0.2, -0.15) is 0 Å². The summed E-state index contributed by atoms with van der Waals surface area (Å²) >= 11 is 0. The molecule has 1 saturated heterocycles. The summed E-state index contributed by atoms with van der Waals surface area (Å²) in [6.45, 7) is 2.15. The molecule has 0 spiro atoms. The van der Waals surface area contributed by atoms with Gasteiger partial charge in [-0.25, -0.2) is 4.79 Å². The van der Waals surface area contributed by atoms with E-state index in [1.807, 2.05) is 30.3 Å². The molecular formula is C15H22N4O2. The number of rotatable bonds is 2. The highest BCUT2D eigenvalue weighted by molar-refractivity contribution is 5.83. The maximum absolute atomic E-state index is 12.4. The third-order valence-corrected chi connectivity index (χ3v) is 3.67. The highest BCUT2D eigenvalue weighted by atomic mass is 16.2. The second-order valence-corrected chi connectivity index (χ2v) is 5.38. The normalized spacial score (nSPS) is 16.5. The minimum atomic E-state index is -0.637. The Morgan fingerprint density at radius 3 is 2.10 bits per heavy atom. The van der Waals surface area contributed by atoms with Crippen molar-refractivity contribution in [2.45, 2.75) is 6.04 Å². The van der Waals surface area contributed by atoms with Crippen molar-refractivity contribution >= 4 is 11.9 Å². The van der Waals surface area contributed by atoms with Crippen LogP contribution in [0.3, 0.4) is 0 Å². The highest BCUT2D eigenvalue weighted by Crippen LogP contribution is 2.14. The van der Waals surface area contributed by atoms with Gasteiger partial charge in [0.05, 0.1) is 0 Å². The number of piperazine rings is 1. The van der Waals surface area contributed by atoms with E-state index in [0.717, 1.165) is 5.56 Å². The van der Waals surface area contributed by atoms with E-state index < -0.39 is 6.04 Å². The zero-order valence-corrected chi connectivity index (χ0v) is 12.5. The van der Waals surface area contributed by atoms with Gasteiger partial charge in [-0.1, -0.05) is 30.3 Å². The molecule has 2 N–H and O–H groups in total. The zero-order chi connectivity index (χ0) is 15.4. The van der Waals surface area contributed by atoms with E-state index in [-0.39, 0.29) is 11.9 Å². The van der Waals surface area contributed by atoms with Crippen LogP contribution in [0.4, 0.5) is 4.79 Å². The van der Waals surface area contributed by atoms with E-state index in [2.05, 4.69) is 0 Å². The Morgan fingerprint density at radius 2 is 1.57 bits per heavy atom. The van der Waals surface area contributed by atoms with Crippen molar-refractivity contribution in [1.82, 2.24) is 14.7 Å². The van der Waals surface area contributed by atoms with Gasteiger partial charge in [0.1, 0.15) is 6.04 Å². The molecule has 1 aromatic carbocycles. The van der Waals surface area contributed by atoms with Crippen molar-refractivity contribution in [3.05, 3.63) is 35.9 Å². The number of benzene rings is 1. The SMILES string of the molecule is CN(C)C(=O)N1CCN(C(=O)[C@H](N)c2ccccc2)CC1. The smallest absolute Gasteiger partial charge is 0.319 e. The molecule has 1 fully saturated rings. The molecule has 0 saturated carbocycles. The molecule has 21 heavy (non-hydrogen) atoms. The fourth-order valence-corrected chi connectivity index (χ4v) is 2.40. The van der Waals surface area contributed by atoms with Gasteiger partial charge < -0.3 is 20.4 Å². The summed E-state index contributed by atoms with van der Waals surface area (Å²) in [6.07, 6.45) is 0. The molecule has 3 amide bonds. The topological polar surface area (TPSA) is 69.9 Å². The summed E-state index contributed by atoms with van der Waals surface area (Å²) in [5.41, 5.74) is 6.85. The fraction of sp³-hybridized carbons (Fsp3) is 0.467. The Hall–Kier alpha value is -2.08. The van der Waals surface area contributed by atoms with Crippen molar-refractivity contribution in [1.29, 1.82) is 0 Å². The lowest BCUT2D eigenvalue weighted by atomic mass is 10.1. The van der Waals surface area contributed by atoms with Crippen LogP contribution in [0.1, 0.15) is 11.6 Å². The third kappa shape index (κ3) is 3.52. The molecule has 0 aliphatic carbocycles. The van der Waals surface area contributed by atoms with Crippen LogP contribution in [0.15, 0.2) is 30.3 Å². The Labute approximate surface area is 125 Å². The van der Waals surface area contributed by atoms with Crippen molar-refractivity contribution < 1.29 is 9.59 Å². The first-order valence-corrected chi connectivity index (χ1v) is 7.06. The number of nitrogens with two attached hydrogens (primary N) is 1. The Balaban J connectivity index is 1.93. The van der Waals surface area contributed by atoms with Crippen LogP contribution < -0.4 is 5.73 Å². The summed E-state index contributed by atoms with van der Waals surface area (Å²) in [4.78, 5) is 29.3. The minimum absolute atomic E-state index is 0.0190. The van der Waals surface area contributed by atoms with E-state index in [9.17, 15) is 9.59 Å². The Morgan fingerprint density at radius 1 is 1.05 bits per heavy atom. The van der Waals surface area contributed by atoms with Crippen molar-refractivity contribution in [2.75, 3.05) is 40.3 Å². The molecule has 2 rings (SSSR count). The van der Waals surface area contributed by atoms with Crippen LogP contribution in [0.25, 0.3) is 0 Å². The number of hydrogen-bond donors (Lipinski definition) is 1. The van der Waals surface area contributed by atoms with Gasteiger partial charge in [0.15, 0.2) is 0 Å². The molecule has 6 nitrogen and oxygen atoms in total. The lowest BCUT2D eigenvalue weighted by Crippen LogP contribution is -2.54. The number of urea groups is 1. The first-order valence-electron chi connectivity index (χ1n) is 7.06. The van der Waals surface area contributed by atoms with E-state index in [4.69, 9.17) is 5.73 Å². The Bertz CT molecular complexity index is 496. The highest BCUT2D eigenvalue weighted by Gasteiger charge is 2.28. The maximum Gasteiger partial charge on any atom is 0.319 e. The lowest BCUT2D eigenvalue weighted by molar-refractivity contribution is -0.134. The summed E-state index contributed by atoms with van der Waals surface area (Å²) in [6, 6.07) is 8.69. The van der Waals surface area contributed by atoms with Crippen LogP contribution in [0, 0.1) is 0 Å². The Kier molecular flexibility index (Phi) is 4.80. The van der Waals surface area contributed by atoms with E-state index in [1.165, 1.54) is 0 Å². The van der Waals surface area contributed by atoms with Gasteiger partial charge >= 0.3 is 6.03 Å². The summed E-state index contributed by atoms with van der Waals surface area (Å²) in [5, 5.41) is 0. The van der Waals surface area contributed by atoms with Gasteiger partial charge in [0, 0.05) is 40.3 Å². The fourth-order valence-electron chi connectivity index (χ4n) is 2.40. The molecule has 114 valence electrons. The average Bonchev–Trinajstić information content (AvgIpc) is 2.53. The molecule has 1 aromatic rings.